The van der Waals surface area contributed by atoms with Gasteiger partial charge in [0.25, 0.3) is 0 Å². The highest BCUT2D eigenvalue weighted by molar-refractivity contribution is 5.51. The van der Waals surface area contributed by atoms with Crippen LogP contribution in [0.25, 0.3) is 0 Å². The quantitative estimate of drug-likeness (QED) is 0.923. The van der Waals surface area contributed by atoms with Crippen LogP contribution in [-0.2, 0) is 6.18 Å². The van der Waals surface area contributed by atoms with Crippen molar-refractivity contribution in [3.63, 3.8) is 0 Å². The molecule has 3 nitrogen and oxygen atoms in total. The zero-order chi connectivity index (χ0) is 14.8. The van der Waals surface area contributed by atoms with E-state index in [4.69, 9.17) is 9.47 Å². The van der Waals surface area contributed by atoms with Crippen molar-refractivity contribution in [1.82, 2.24) is 5.32 Å². The first-order valence-electron chi connectivity index (χ1n) is 6.54. The first-order chi connectivity index (χ1) is 9.47. The largest absolute Gasteiger partial charge is 0.493 e. The molecule has 0 saturated carbocycles. The Labute approximate surface area is 116 Å². The third-order valence-corrected chi connectivity index (χ3v) is 3.52. The van der Waals surface area contributed by atoms with Crippen molar-refractivity contribution >= 4 is 0 Å². The van der Waals surface area contributed by atoms with Gasteiger partial charge in [0.1, 0.15) is 5.56 Å². The van der Waals surface area contributed by atoms with Gasteiger partial charge in [0, 0.05) is 6.04 Å². The molecule has 0 aliphatic carbocycles. The van der Waals surface area contributed by atoms with E-state index >= 15 is 0 Å². The maximum absolute atomic E-state index is 13.1. The lowest BCUT2D eigenvalue weighted by Gasteiger charge is -2.26. The van der Waals surface area contributed by atoms with Gasteiger partial charge in [-0.15, -0.1) is 0 Å². The summed E-state index contributed by atoms with van der Waals surface area (Å²) in [5, 5.41) is 3.24. The van der Waals surface area contributed by atoms with Crippen LogP contribution in [-0.4, -0.2) is 20.8 Å². The highest BCUT2D eigenvalue weighted by Gasteiger charge is 2.37. The molecule has 1 aliphatic rings. The summed E-state index contributed by atoms with van der Waals surface area (Å²) in [6, 6.07) is 2.71. The van der Waals surface area contributed by atoms with Gasteiger partial charge in [0.05, 0.1) is 14.2 Å². The summed E-state index contributed by atoms with van der Waals surface area (Å²) in [6.45, 7) is 0.820. The maximum atomic E-state index is 13.1. The molecule has 112 valence electrons. The van der Waals surface area contributed by atoms with Gasteiger partial charge >= 0.3 is 6.18 Å². The topological polar surface area (TPSA) is 30.5 Å². The molecule has 1 fully saturated rings. The lowest BCUT2D eigenvalue weighted by atomic mass is 9.95. The predicted octanol–water partition coefficient (Wildman–Crippen LogP) is 3.54. The molecule has 0 spiro atoms. The van der Waals surface area contributed by atoms with E-state index in [2.05, 4.69) is 5.32 Å². The zero-order valence-electron chi connectivity index (χ0n) is 11.5. The predicted molar refractivity (Wildman–Crippen MR) is 69.1 cm³/mol. The van der Waals surface area contributed by atoms with Crippen LogP contribution < -0.4 is 14.8 Å². The highest BCUT2D eigenvalue weighted by Crippen LogP contribution is 2.44. The normalized spacial score (nSPS) is 19.8. The van der Waals surface area contributed by atoms with Crippen LogP contribution in [0.3, 0.4) is 0 Å². The molecular weight excluding hydrogens is 271 g/mol. The Morgan fingerprint density at radius 3 is 2.40 bits per heavy atom. The van der Waals surface area contributed by atoms with Crippen LogP contribution in [0.5, 0.6) is 11.5 Å². The molecular formula is C14H18F3NO2. The number of methoxy groups -OCH3 is 2. The number of nitrogens with one attached hydrogen (secondary N) is 1. The smallest absolute Gasteiger partial charge is 0.420 e. The van der Waals surface area contributed by atoms with E-state index in [0.29, 0.717) is 5.56 Å². The number of alkyl halides is 3. The van der Waals surface area contributed by atoms with Gasteiger partial charge in [-0.3, -0.25) is 0 Å². The molecule has 0 bridgehead atoms. The minimum Gasteiger partial charge on any atom is -0.493 e. The number of rotatable bonds is 3. The number of benzene rings is 1. The number of hydrogen-bond acceptors (Lipinski definition) is 3. The molecule has 1 aromatic rings. The van der Waals surface area contributed by atoms with Crippen LogP contribution in [0.4, 0.5) is 13.2 Å². The Hall–Kier alpha value is -1.43. The van der Waals surface area contributed by atoms with Crippen molar-refractivity contribution in [3.05, 3.63) is 23.3 Å². The third kappa shape index (κ3) is 3.00. The molecule has 1 aromatic carbocycles. The van der Waals surface area contributed by atoms with Gasteiger partial charge < -0.3 is 14.8 Å². The van der Waals surface area contributed by atoms with Crippen molar-refractivity contribution in [2.75, 3.05) is 20.8 Å². The van der Waals surface area contributed by atoms with E-state index in [1.165, 1.54) is 14.2 Å². The van der Waals surface area contributed by atoms with Crippen molar-refractivity contribution in [1.29, 1.82) is 0 Å². The van der Waals surface area contributed by atoms with Gasteiger partial charge in [0.2, 0.25) is 0 Å². The number of hydrogen-bond donors (Lipinski definition) is 1. The van der Waals surface area contributed by atoms with Gasteiger partial charge in [-0.25, -0.2) is 0 Å². The van der Waals surface area contributed by atoms with Crippen LogP contribution in [0.15, 0.2) is 12.1 Å². The summed E-state index contributed by atoms with van der Waals surface area (Å²) in [6.07, 6.45) is -1.58. The Bertz CT molecular complexity index is 468. The summed E-state index contributed by atoms with van der Waals surface area (Å²) >= 11 is 0. The number of piperidine rings is 1. The first kappa shape index (κ1) is 15.0. The van der Waals surface area contributed by atoms with Gasteiger partial charge in [-0.05, 0) is 37.1 Å². The molecule has 1 unspecified atom stereocenters. The van der Waals surface area contributed by atoms with Crippen molar-refractivity contribution < 1.29 is 22.6 Å². The number of halogens is 3. The van der Waals surface area contributed by atoms with Crippen LogP contribution >= 0.6 is 0 Å². The van der Waals surface area contributed by atoms with Crippen molar-refractivity contribution in [2.24, 2.45) is 0 Å². The fraction of sp³-hybridized carbons (Fsp3) is 0.571. The minimum absolute atomic E-state index is 0.0651. The van der Waals surface area contributed by atoms with E-state index in [0.717, 1.165) is 31.9 Å². The SMILES string of the molecule is COc1cc(C2CCCCN2)cc(C(F)(F)F)c1OC. The molecule has 20 heavy (non-hydrogen) atoms. The molecule has 2 rings (SSSR count). The molecule has 0 radical (unpaired) electrons. The molecule has 1 saturated heterocycles. The summed E-state index contributed by atoms with van der Waals surface area (Å²) in [4.78, 5) is 0. The molecule has 1 N–H and O–H groups in total. The second-order valence-electron chi connectivity index (χ2n) is 4.80. The van der Waals surface area contributed by atoms with E-state index < -0.39 is 11.7 Å². The fourth-order valence-electron chi connectivity index (χ4n) is 2.53. The van der Waals surface area contributed by atoms with Crippen LogP contribution in [0, 0.1) is 0 Å². The van der Waals surface area contributed by atoms with Crippen molar-refractivity contribution in [3.8, 4) is 11.5 Å². The Morgan fingerprint density at radius 2 is 1.90 bits per heavy atom. The second kappa shape index (κ2) is 5.91. The Kier molecular flexibility index (Phi) is 4.42. The molecule has 1 aliphatic heterocycles. The summed E-state index contributed by atoms with van der Waals surface area (Å²) < 4.78 is 49.4. The Balaban J connectivity index is 2.48. The van der Waals surface area contributed by atoms with Crippen molar-refractivity contribution in [2.45, 2.75) is 31.5 Å². The average Bonchev–Trinajstić information content (AvgIpc) is 2.45. The first-order valence-corrected chi connectivity index (χ1v) is 6.54. The van der Waals surface area contributed by atoms with Crippen LogP contribution in [0.1, 0.15) is 36.4 Å². The summed E-state index contributed by atoms with van der Waals surface area (Å²) in [5.41, 5.74) is -0.198. The minimum atomic E-state index is -4.47. The highest BCUT2D eigenvalue weighted by atomic mass is 19.4. The Morgan fingerprint density at radius 1 is 1.15 bits per heavy atom. The summed E-state index contributed by atoms with van der Waals surface area (Å²) in [5.74, 6) is -0.149. The molecule has 1 heterocycles. The molecule has 0 aromatic heterocycles. The zero-order valence-corrected chi connectivity index (χ0v) is 11.5. The monoisotopic (exact) mass is 289 g/mol. The standard InChI is InChI=1S/C14H18F3NO2/c1-19-12-8-9(11-5-3-4-6-18-11)7-10(13(12)20-2)14(15,16)17/h7-8,11,18H,3-6H2,1-2H3. The lowest BCUT2D eigenvalue weighted by Crippen LogP contribution is -2.27. The van der Waals surface area contributed by atoms with E-state index in [1.54, 1.807) is 6.07 Å². The molecule has 1 atom stereocenters. The van der Waals surface area contributed by atoms with Crippen LogP contribution in [0.2, 0.25) is 0 Å². The second-order valence-corrected chi connectivity index (χ2v) is 4.80. The maximum Gasteiger partial charge on any atom is 0.420 e. The lowest BCUT2D eigenvalue weighted by molar-refractivity contribution is -0.139. The van der Waals surface area contributed by atoms with E-state index in [1.807, 2.05) is 0 Å². The fourth-order valence-corrected chi connectivity index (χ4v) is 2.53. The number of ether oxygens (including phenoxy) is 2. The summed E-state index contributed by atoms with van der Waals surface area (Å²) in [7, 11) is 2.56. The molecule has 6 heteroatoms. The van der Waals surface area contributed by atoms with Gasteiger partial charge in [-0.2, -0.15) is 13.2 Å². The van der Waals surface area contributed by atoms with E-state index in [9.17, 15) is 13.2 Å². The van der Waals surface area contributed by atoms with Gasteiger partial charge in [0.15, 0.2) is 11.5 Å². The molecule has 0 amide bonds. The van der Waals surface area contributed by atoms with Gasteiger partial charge in [-0.1, -0.05) is 6.42 Å². The average molecular weight is 289 g/mol. The van der Waals surface area contributed by atoms with E-state index in [-0.39, 0.29) is 17.5 Å². The third-order valence-electron chi connectivity index (χ3n) is 3.52.